The zero-order valence-corrected chi connectivity index (χ0v) is 15.8. The van der Waals surface area contributed by atoms with Crippen LogP contribution in [0, 0.1) is 6.92 Å². The fourth-order valence-electron chi connectivity index (χ4n) is 3.34. The maximum Gasteiger partial charge on any atom is 0.257 e. The second kappa shape index (κ2) is 7.85. The third-order valence-electron chi connectivity index (χ3n) is 4.87. The second-order valence-corrected chi connectivity index (χ2v) is 7.11. The van der Waals surface area contributed by atoms with E-state index in [1.54, 1.807) is 0 Å². The maximum atomic E-state index is 13.4. The molecule has 0 saturated carbocycles. The quantitative estimate of drug-likeness (QED) is 0.805. The molecule has 2 N–H and O–H groups in total. The minimum atomic E-state index is -0.561. The van der Waals surface area contributed by atoms with Gasteiger partial charge < -0.3 is 20.1 Å². The van der Waals surface area contributed by atoms with Gasteiger partial charge in [0.15, 0.2) is 5.82 Å². The van der Waals surface area contributed by atoms with E-state index in [1.165, 1.54) is 6.20 Å². The summed E-state index contributed by atoms with van der Waals surface area (Å²) in [6.07, 6.45) is 3.74. The minimum absolute atomic E-state index is 0.256. The van der Waals surface area contributed by atoms with Crippen LogP contribution < -0.4 is 15.4 Å². The fraction of sp³-hybridized carbons (Fsp3) is 0.588. The van der Waals surface area contributed by atoms with Crippen LogP contribution in [0.4, 0.5) is 21.8 Å². The van der Waals surface area contributed by atoms with E-state index >= 15 is 0 Å². The van der Waals surface area contributed by atoms with Gasteiger partial charge in [0.25, 0.3) is 5.88 Å². The Balaban J connectivity index is 1.71. The number of hydrogen-bond acceptors (Lipinski definition) is 7. The number of nitrogens with one attached hydrogen (secondary N) is 2. The molecule has 2 bridgehead atoms. The van der Waals surface area contributed by atoms with Crippen molar-refractivity contribution in [1.29, 1.82) is 0 Å². The van der Waals surface area contributed by atoms with Gasteiger partial charge in [0.05, 0.1) is 30.6 Å². The summed E-state index contributed by atoms with van der Waals surface area (Å²) in [7, 11) is 0. The fourth-order valence-corrected chi connectivity index (χ4v) is 3.49. The van der Waals surface area contributed by atoms with Crippen LogP contribution in [0.3, 0.4) is 0 Å². The Bertz CT molecular complexity index is 811. The summed E-state index contributed by atoms with van der Waals surface area (Å²) in [5.41, 5.74) is 1.65. The SMILES string of the molecule is Cc1c2c(nn1C1CCOCC1)OCCC(CF)Nc1nc(ncc1Cl)N2. The van der Waals surface area contributed by atoms with E-state index in [0.29, 0.717) is 41.4 Å². The molecule has 2 aromatic heterocycles. The van der Waals surface area contributed by atoms with Gasteiger partial charge in [-0.1, -0.05) is 11.6 Å². The highest BCUT2D eigenvalue weighted by atomic mass is 35.5. The van der Waals surface area contributed by atoms with Crippen molar-refractivity contribution in [3.63, 3.8) is 0 Å². The number of hydrogen-bond donors (Lipinski definition) is 2. The molecule has 8 nitrogen and oxygen atoms in total. The molecule has 1 unspecified atom stereocenters. The number of ether oxygens (including phenoxy) is 2. The number of aromatic nitrogens is 4. The highest BCUT2D eigenvalue weighted by Crippen LogP contribution is 2.35. The lowest BCUT2D eigenvalue weighted by Crippen LogP contribution is -2.25. The first-order chi connectivity index (χ1) is 13.2. The van der Waals surface area contributed by atoms with Gasteiger partial charge in [-0.05, 0) is 19.8 Å². The summed E-state index contributed by atoms with van der Waals surface area (Å²) in [4.78, 5) is 8.62. The number of halogens is 2. The highest BCUT2D eigenvalue weighted by Gasteiger charge is 2.25. The smallest absolute Gasteiger partial charge is 0.257 e. The standard InChI is InChI=1S/C17H22ClFN6O2/c1-10-14-16(24-25(10)12-3-5-26-6-4-12)27-7-2-11(8-19)21-15-13(18)9-20-17(22-14)23-15/h9,11-12H,2-8H2,1H3,(H2,20,21,22,23). The average Bonchev–Trinajstić information content (AvgIpc) is 2.98. The molecule has 4 heterocycles. The number of rotatable bonds is 2. The van der Waals surface area contributed by atoms with Crippen molar-refractivity contribution in [3.05, 3.63) is 16.9 Å². The van der Waals surface area contributed by atoms with Crippen molar-refractivity contribution >= 4 is 29.1 Å². The van der Waals surface area contributed by atoms with E-state index in [-0.39, 0.29) is 6.04 Å². The predicted octanol–water partition coefficient (Wildman–Crippen LogP) is 3.26. The third-order valence-corrected chi connectivity index (χ3v) is 5.14. The Morgan fingerprint density at radius 1 is 1.30 bits per heavy atom. The summed E-state index contributed by atoms with van der Waals surface area (Å²) in [6.45, 7) is 3.18. The Kier molecular flexibility index (Phi) is 5.31. The average molecular weight is 397 g/mol. The summed E-state index contributed by atoms with van der Waals surface area (Å²) in [6, 6.07) is -0.197. The van der Waals surface area contributed by atoms with Crippen molar-refractivity contribution in [2.45, 2.75) is 38.3 Å². The van der Waals surface area contributed by atoms with Crippen LogP contribution in [0.5, 0.6) is 5.88 Å². The first-order valence-corrected chi connectivity index (χ1v) is 9.45. The van der Waals surface area contributed by atoms with Crippen LogP contribution in [-0.2, 0) is 4.74 Å². The van der Waals surface area contributed by atoms with Crippen LogP contribution >= 0.6 is 11.6 Å². The van der Waals surface area contributed by atoms with Gasteiger partial charge in [-0.2, -0.15) is 4.98 Å². The molecular formula is C17H22ClFN6O2. The Labute approximate surface area is 161 Å². The summed E-state index contributed by atoms with van der Waals surface area (Å²) in [5, 5.41) is 11.2. The predicted molar refractivity (Wildman–Crippen MR) is 99.9 cm³/mol. The molecule has 10 heteroatoms. The molecule has 4 rings (SSSR count). The van der Waals surface area contributed by atoms with Crippen molar-refractivity contribution in [2.24, 2.45) is 0 Å². The molecule has 0 aliphatic carbocycles. The Morgan fingerprint density at radius 2 is 2.11 bits per heavy atom. The topological polar surface area (TPSA) is 86.1 Å². The van der Waals surface area contributed by atoms with E-state index in [0.717, 1.165) is 31.7 Å². The summed E-state index contributed by atoms with van der Waals surface area (Å²) in [5.74, 6) is 1.22. The third kappa shape index (κ3) is 3.79. The summed E-state index contributed by atoms with van der Waals surface area (Å²) >= 11 is 6.15. The van der Waals surface area contributed by atoms with Crippen molar-refractivity contribution in [2.75, 3.05) is 37.1 Å². The van der Waals surface area contributed by atoms with Gasteiger partial charge in [0.2, 0.25) is 5.95 Å². The van der Waals surface area contributed by atoms with Gasteiger partial charge in [0, 0.05) is 19.6 Å². The number of fused-ring (bicyclic) bond motifs is 3. The largest absolute Gasteiger partial charge is 0.475 e. The molecule has 27 heavy (non-hydrogen) atoms. The van der Waals surface area contributed by atoms with Crippen molar-refractivity contribution in [3.8, 4) is 5.88 Å². The minimum Gasteiger partial charge on any atom is -0.475 e. The zero-order chi connectivity index (χ0) is 18.8. The number of anilines is 3. The van der Waals surface area contributed by atoms with Crippen molar-refractivity contribution in [1.82, 2.24) is 19.7 Å². The van der Waals surface area contributed by atoms with Crippen LogP contribution in [0.15, 0.2) is 6.20 Å². The maximum absolute atomic E-state index is 13.4. The van der Waals surface area contributed by atoms with Gasteiger partial charge in [-0.15, -0.1) is 5.10 Å². The lowest BCUT2D eigenvalue weighted by atomic mass is 10.1. The van der Waals surface area contributed by atoms with Crippen molar-refractivity contribution < 1.29 is 13.9 Å². The number of nitrogens with zero attached hydrogens (tertiary/aromatic N) is 4. The first-order valence-electron chi connectivity index (χ1n) is 9.07. The highest BCUT2D eigenvalue weighted by molar-refractivity contribution is 6.32. The zero-order valence-electron chi connectivity index (χ0n) is 15.0. The second-order valence-electron chi connectivity index (χ2n) is 6.70. The molecule has 1 saturated heterocycles. The van der Waals surface area contributed by atoms with Crippen LogP contribution in [0.2, 0.25) is 5.02 Å². The molecule has 0 amide bonds. The van der Waals surface area contributed by atoms with E-state index in [9.17, 15) is 4.39 Å². The molecule has 1 fully saturated rings. The lowest BCUT2D eigenvalue weighted by Gasteiger charge is -2.23. The molecule has 2 aliphatic heterocycles. The molecule has 2 aliphatic rings. The van der Waals surface area contributed by atoms with E-state index in [2.05, 4.69) is 25.7 Å². The molecule has 0 spiro atoms. The molecule has 2 aromatic rings. The van der Waals surface area contributed by atoms with E-state index in [4.69, 9.17) is 21.1 Å². The van der Waals surface area contributed by atoms with Gasteiger partial charge in [-0.25, -0.2) is 9.37 Å². The molecule has 0 aromatic carbocycles. The first kappa shape index (κ1) is 18.2. The van der Waals surface area contributed by atoms with E-state index < -0.39 is 12.7 Å². The molecule has 1 atom stereocenters. The molecule has 146 valence electrons. The van der Waals surface area contributed by atoms with Gasteiger partial charge >= 0.3 is 0 Å². The van der Waals surface area contributed by atoms with Gasteiger partial charge in [0.1, 0.15) is 17.4 Å². The van der Waals surface area contributed by atoms with Gasteiger partial charge in [-0.3, -0.25) is 4.68 Å². The van der Waals surface area contributed by atoms with Crippen LogP contribution in [0.25, 0.3) is 0 Å². The molecular weight excluding hydrogens is 375 g/mol. The molecule has 0 radical (unpaired) electrons. The van der Waals surface area contributed by atoms with Crippen LogP contribution in [0.1, 0.15) is 31.0 Å². The van der Waals surface area contributed by atoms with E-state index in [1.807, 2.05) is 11.6 Å². The Morgan fingerprint density at radius 3 is 2.89 bits per heavy atom. The lowest BCUT2D eigenvalue weighted by molar-refractivity contribution is 0.0652. The summed E-state index contributed by atoms with van der Waals surface area (Å²) < 4.78 is 26.7. The Hall–Kier alpha value is -2.13. The number of alkyl halides is 1. The normalized spacial score (nSPS) is 20.6. The van der Waals surface area contributed by atoms with Crippen LogP contribution in [-0.4, -0.2) is 52.3 Å². The monoisotopic (exact) mass is 396 g/mol.